The Kier molecular flexibility index (Phi) is 9.05. The van der Waals surface area contributed by atoms with Crippen LogP contribution in [0.15, 0.2) is 54.6 Å². The molecule has 0 aliphatic carbocycles. The summed E-state index contributed by atoms with van der Waals surface area (Å²) in [5.41, 5.74) is -1.17. The van der Waals surface area contributed by atoms with Crippen molar-refractivity contribution in [3.8, 4) is 0 Å². The van der Waals surface area contributed by atoms with Gasteiger partial charge in [0.1, 0.15) is 23.7 Å². The Bertz CT molecular complexity index is 1320. The first-order valence-corrected chi connectivity index (χ1v) is 15.7. The second kappa shape index (κ2) is 12.5. The van der Waals surface area contributed by atoms with Gasteiger partial charge in [-0.15, -0.1) is 0 Å². The molecule has 4 aliphatic heterocycles. The molecule has 4 heterocycles. The maximum absolute atomic E-state index is 14.4. The number of allylic oxidation sites excluding steroid dienone is 1. The third kappa shape index (κ3) is 5.58. The van der Waals surface area contributed by atoms with Crippen molar-refractivity contribution in [3.05, 3.63) is 60.2 Å². The Hall–Kier alpha value is -3.50. The minimum Gasteiger partial charge on any atom is -0.455 e. The van der Waals surface area contributed by atoms with Gasteiger partial charge in [0, 0.05) is 38.7 Å². The van der Waals surface area contributed by atoms with Gasteiger partial charge in [-0.25, -0.2) is 0 Å². The van der Waals surface area contributed by atoms with Crippen LogP contribution in [0.4, 0.5) is 0 Å². The summed E-state index contributed by atoms with van der Waals surface area (Å²) in [4.78, 5) is 61.1. The maximum Gasteiger partial charge on any atom is 0.313 e. The van der Waals surface area contributed by atoms with E-state index in [1.54, 1.807) is 27.8 Å². The van der Waals surface area contributed by atoms with Crippen LogP contribution in [0.25, 0.3) is 0 Å². The standard InChI is InChI=1S/C34H45N3O7/c1-22-28(23-14-7-6-8-15-23)43-32(42)26-24(16-9-10-17-25(39)35(22)5)44-34-18-13-20-37(33(2,3)4)31(41)29(34)36(19-11-12-21-38)30(40)27(26)34/h6-9,13-16,18,22,24,26-29,38H,10-12,17,19-21H2,1-5H3/b16-9-/t22-,24-,26+,27+,28+,29-,34+/m1/s1. The van der Waals surface area contributed by atoms with Crippen LogP contribution in [0.1, 0.15) is 65.0 Å². The third-order valence-corrected chi connectivity index (χ3v) is 9.55. The van der Waals surface area contributed by atoms with Crippen molar-refractivity contribution in [2.45, 2.75) is 88.8 Å². The zero-order chi connectivity index (χ0) is 31.8. The summed E-state index contributed by atoms with van der Waals surface area (Å²) in [6.45, 7) is 8.27. The zero-order valence-electron chi connectivity index (χ0n) is 26.3. The first-order chi connectivity index (χ1) is 20.9. The van der Waals surface area contributed by atoms with Crippen molar-refractivity contribution in [1.29, 1.82) is 0 Å². The fraction of sp³-hybridized carbons (Fsp3) is 0.588. The van der Waals surface area contributed by atoms with E-state index in [0.29, 0.717) is 25.8 Å². The van der Waals surface area contributed by atoms with Gasteiger partial charge < -0.3 is 29.3 Å². The predicted molar refractivity (Wildman–Crippen MR) is 163 cm³/mol. The number of carbonyl (C=O) groups is 4. The van der Waals surface area contributed by atoms with Crippen molar-refractivity contribution < 1.29 is 33.8 Å². The number of nitrogens with zero attached hydrogens (tertiary/aromatic N) is 3. The normalized spacial score (nSPS) is 33.6. The number of likely N-dealkylation sites (N-methyl/N-ethyl adjacent to an activating group) is 1. The van der Waals surface area contributed by atoms with Crippen LogP contribution in [-0.4, -0.2) is 99.6 Å². The topological polar surface area (TPSA) is 117 Å². The quantitative estimate of drug-likeness (QED) is 0.311. The number of aliphatic hydroxyl groups excluding tert-OH is 1. The molecule has 5 rings (SSSR count). The summed E-state index contributed by atoms with van der Waals surface area (Å²) in [7, 11) is 1.71. The number of aliphatic hydroxyl groups is 1. The third-order valence-electron chi connectivity index (χ3n) is 9.55. The van der Waals surface area contributed by atoms with Crippen molar-refractivity contribution in [3.63, 3.8) is 0 Å². The number of cyclic esters (lactones) is 1. The molecule has 238 valence electrons. The number of esters is 1. The van der Waals surface area contributed by atoms with Crippen LogP contribution >= 0.6 is 0 Å². The van der Waals surface area contributed by atoms with E-state index in [4.69, 9.17) is 9.47 Å². The lowest BCUT2D eigenvalue weighted by Crippen LogP contribution is -2.58. The van der Waals surface area contributed by atoms with Gasteiger partial charge >= 0.3 is 5.97 Å². The molecular formula is C34H45N3O7. The van der Waals surface area contributed by atoms with Gasteiger partial charge in [-0.05, 0) is 52.5 Å². The Morgan fingerprint density at radius 1 is 1.02 bits per heavy atom. The van der Waals surface area contributed by atoms with Crippen molar-refractivity contribution in [2.75, 3.05) is 26.7 Å². The maximum atomic E-state index is 14.4. The molecule has 7 atom stereocenters. The van der Waals surface area contributed by atoms with Crippen molar-refractivity contribution >= 4 is 23.7 Å². The molecule has 0 unspecified atom stereocenters. The minimum atomic E-state index is -1.38. The smallest absolute Gasteiger partial charge is 0.313 e. The number of hydrogen-bond acceptors (Lipinski definition) is 7. The Balaban J connectivity index is 1.61. The summed E-state index contributed by atoms with van der Waals surface area (Å²) < 4.78 is 13.0. The Morgan fingerprint density at radius 3 is 2.43 bits per heavy atom. The molecule has 2 fully saturated rings. The number of amides is 3. The van der Waals surface area contributed by atoms with Crippen LogP contribution in [0, 0.1) is 11.8 Å². The highest BCUT2D eigenvalue weighted by Crippen LogP contribution is 2.53. The molecule has 10 heteroatoms. The van der Waals surface area contributed by atoms with Crippen LogP contribution in [-0.2, 0) is 28.7 Å². The largest absolute Gasteiger partial charge is 0.455 e. The molecule has 0 aromatic heterocycles. The van der Waals surface area contributed by atoms with Crippen molar-refractivity contribution in [1.82, 2.24) is 14.7 Å². The molecule has 1 N–H and O–H groups in total. The molecule has 1 aromatic carbocycles. The summed E-state index contributed by atoms with van der Waals surface area (Å²) in [5, 5.41) is 9.45. The SMILES string of the molecule is C[C@@H]1[C@@H](c2ccccc2)OC(=O)[C@@H]2[C@H]3C(=O)N(CCCCO)[C@@H]4C(=O)N(C(C)(C)C)CC=C[C@]34O[C@@H]2/C=C\CCC(=O)N1C. The zero-order valence-corrected chi connectivity index (χ0v) is 26.3. The fourth-order valence-electron chi connectivity index (χ4n) is 7.13. The summed E-state index contributed by atoms with van der Waals surface area (Å²) in [6.07, 6.45) is 7.30. The molecule has 3 amide bonds. The van der Waals surface area contributed by atoms with Gasteiger partial charge in [-0.3, -0.25) is 19.2 Å². The van der Waals surface area contributed by atoms with E-state index in [1.807, 2.05) is 76.3 Å². The average molecular weight is 608 g/mol. The van der Waals surface area contributed by atoms with Gasteiger partial charge in [0.15, 0.2) is 0 Å². The number of benzene rings is 1. The fourth-order valence-corrected chi connectivity index (χ4v) is 7.13. The number of fused-ring (bicyclic) bond motifs is 2. The second-order valence-electron chi connectivity index (χ2n) is 13.3. The van der Waals surface area contributed by atoms with Crippen LogP contribution < -0.4 is 0 Å². The van der Waals surface area contributed by atoms with E-state index in [0.717, 1.165) is 5.56 Å². The molecule has 1 aromatic rings. The molecule has 0 bridgehead atoms. The lowest BCUT2D eigenvalue weighted by molar-refractivity contribution is -0.164. The highest BCUT2D eigenvalue weighted by atomic mass is 16.6. The molecular weight excluding hydrogens is 562 g/mol. The van der Waals surface area contributed by atoms with Crippen LogP contribution in [0.3, 0.4) is 0 Å². The second-order valence-corrected chi connectivity index (χ2v) is 13.3. The van der Waals surface area contributed by atoms with Gasteiger partial charge in [-0.1, -0.05) is 54.6 Å². The molecule has 4 aliphatic rings. The minimum absolute atomic E-state index is 0.0302. The van der Waals surface area contributed by atoms with Gasteiger partial charge in [0.2, 0.25) is 17.7 Å². The lowest BCUT2D eigenvalue weighted by Gasteiger charge is -2.40. The number of unbranched alkanes of at least 4 members (excludes halogenated alkanes) is 1. The predicted octanol–water partition coefficient (Wildman–Crippen LogP) is 3.02. The molecule has 1 spiro atoms. The van der Waals surface area contributed by atoms with E-state index in [1.165, 1.54) is 0 Å². The van der Waals surface area contributed by atoms with Gasteiger partial charge in [0.05, 0.1) is 18.1 Å². The summed E-state index contributed by atoms with van der Waals surface area (Å²) in [5.74, 6) is -3.25. The molecule has 0 saturated carbocycles. The Morgan fingerprint density at radius 2 is 1.75 bits per heavy atom. The first-order valence-electron chi connectivity index (χ1n) is 15.7. The number of hydrogen-bond donors (Lipinski definition) is 1. The highest BCUT2D eigenvalue weighted by Gasteiger charge is 2.72. The number of rotatable bonds is 5. The number of carbonyl (C=O) groups excluding carboxylic acids is 4. The van der Waals surface area contributed by atoms with Gasteiger partial charge in [0.25, 0.3) is 0 Å². The van der Waals surface area contributed by atoms with Crippen LogP contribution in [0.2, 0.25) is 0 Å². The lowest BCUT2D eigenvalue weighted by atomic mass is 9.77. The summed E-state index contributed by atoms with van der Waals surface area (Å²) in [6, 6.07) is 7.84. The van der Waals surface area contributed by atoms with E-state index in [2.05, 4.69) is 0 Å². The Labute approximate surface area is 259 Å². The monoisotopic (exact) mass is 607 g/mol. The first kappa shape index (κ1) is 31.9. The van der Waals surface area contributed by atoms with E-state index in [-0.39, 0.29) is 37.3 Å². The van der Waals surface area contributed by atoms with E-state index < -0.39 is 53.2 Å². The number of ether oxygens (including phenoxy) is 2. The average Bonchev–Trinajstić information content (AvgIpc) is 3.36. The summed E-state index contributed by atoms with van der Waals surface area (Å²) >= 11 is 0. The molecule has 0 radical (unpaired) electrons. The van der Waals surface area contributed by atoms with E-state index >= 15 is 0 Å². The molecule has 10 nitrogen and oxygen atoms in total. The van der Waals surface area contributed by atoms with Crippen molar-refractivity contribution in [2.24, 2.45) is 11.8 Å². The molecule has 2 saturated heterocycles. The van der Waals surface area contributed by atoms with Gasteiger partial charge in [-0.2, -0.15) is 0 Å². The molecule has 44 heavy (non-hydrogen) atoms. The highest BCUT2D eigenvalue weighted by molar-refractivity contribution is 5.99. The van der Waals surface area contributed by atoms with Crippen LogP contribution in [0.5, 0.6) is 0 Å². The number of likely N-dealkylation sites (tertiary alicyclic amines) is 1. The van der Waals surface area contributed by atoms with E-state index in [9.17, 15) is 24.3 Å².